The highest BCUT2D eigenvalue weighted by molar-refractivity contribution is 6.42. The zero-order chi connectivity index (χ0) is 10.7. The van der Waals surface area contributed by atoms with E-state index in [9.17, 15) is 0 Å². The van der Waals surface area contributed by atoms with Crippen LogP contribution in [0.5, 0.6) is 5.75 Å². The topological polar surface area (TPSA) is 29.5 Å². The SMILES string of the molecule is COc1cc(Cl)c(Cl)c(C(C)CO)c1. The van der Waals surface area contributed by atoms with Crippen LogP contribution < -0.4 is 4.74 Å². The molecule has 78 valence electrons. The lowest BCUT2D eigenvalue weighted by molar-refractivity contribution is 0.273. The summed E-state index contributed by atoms with van der Waals surface area (Å²) in [5, 5.41) is 9.95. The smallest absolute Gasteiger partial charge is 0.120 e. The molecule has 14 heavy (non-hydrogen) atoms. The van der Waals surface area contributed by atoms with Crippen molar-refractivity contribution in [2.45, 2.75) is 12.8 Å². The minimum atomic E-state index is -0.0462. The van der Waals surface area contributed by atoms with E-state index < -0.39 is 0 Å². The first-order chi connectivity index (χ1) is 6.60. The Balaban J connectivity index is 3.20. The van der Waals surface area contributed by atoms with Gasteiger partial charge in [0.15, 0.2) is 0 Å². The molecule has 0 bridgehead atoms. The molecule has 0 aliphatic rings. The van der Waals surface area contributed by atoms with E-state index in [2.05, 4.69) is 0 Å². The molecular formula is C10H12Cl2O2. The van der Waals surface area contributed by atoms with Crippen LogP contribution >= 0.6 is 23.2 Å². The Labute approximate surface area is 93.4 Å². The third kappa shape index (κ3) is 2.32. The molecule has 0 saturated carbocycles. The zero-order valence-electron chi connectivity index (χ0n) is 8.05. The Morgan fingerprint density at radius 2 is 2.07 bits per heavy atom. The van der Waals surface area contributed by atoms with Gasteiger partial charge in [0.25, 0.3) is 0 Å². The summed E-state index contributed by atoms with van der Waals surface area (Å²) < 4.78 is 5.06. The number of hydrogen-bond donors (Lipinski definition) is 1. The number of aliphatic hydroxyl groups excluding tert-OH is 1. The van der Waals surface area contributed by atoms with E-state index in [1.807, 2.05) is 6.92 Å². The number of halogens is 2. The average Bonchev–Trinajstić information content (AvgIpc) is 2.20. The van der Waals surface area contributed by atoms with E-state index in [0.29, 0.717) is 15.8 Å². The van der Waals surface area contributed by atoms with E-state index >= 15 is 0 Å². The highest BCUT2D eigenvalue weighted by Crippen LogP contribution is 2.34. The fraction of sp³-hybridized carbons (Fsp3) is 0.400. The van der Waals surface area contributed by atoms with Crippen LogP contribution in [-0.2, 0) is 0 Å². The normalized spacial score (nSPS) is 12.6. The molecule has 0 amide bonds. The number of hydrogen-bond acceptors (Lipinski definition) is 2. The highest BCUT2D eigenvalue weighted by atomic mass is 35.5. The third-order valence-electron chi connectivity index (χ3n) is 2.07. The molecular weight excluding hydrogens is 223 g/mol. The third-order valence-corrected chi connectivity index (χ3v) is 2.89. The largest absolute Gasteiger partial charge is 0.497 e. The van der Waals surface area contributed by atoms with Crippen LogP contribution in [0.3, 0.4) is 0 Å². The first kappa shape index (κ1) is 11.6. The van der Waals surface area contributed by atoms with Gasteiger partial charge < -0.3 is 9.84 Å². The first-order valence-corrected chi connectivity index (χ1v) is 4.99. The van der Waals surface area contributed by atoms with E-state index in [-0.39, 0.29) is 12.5 Å². The molecule has 1 aromatic rings. The van der Waals surface area contributed by atoms with Crippen molar-refractivity contribution in [2.24, 2.45) is 0 Å². The molecule has 1 N–H and O–H groups in total. The molecule has 0 spiro atoms. The molecule has 1 aromatic carbocycles. The second kappa shape index (κ2) is 4.87. The van der Waals surface area contributed by atoms with Crippen molar-refractivity contribution >= 4 is 23.2 Å². The summed E-state index contributed by atoms with van der Waals surface area (Å²) in [6.07, 6.45) is 0. The van der Waals surface area contributed by atoms with Gasteiger partial charge in [-0.3, -0.25) is 0 Å². The van der Waals surface area contributed by atoms with E-state index in [4.69, 9.17) is 33.0 Å². The molecule has 4 heteroatoms. The summed E-state index contributed by atoms with van der Waals surface area (Å²) in [5.74, 6) is 0.602. The van der Waals surface area contributed by atoms with Crippen LogP contribution in [0.4, 0.5) is 0 Å². The van der Waals surface area contributed by atoms with Crippen molar-refractivity contribution in [3.8, 4) is 5.75 Å². The summed E-state index contributed by atoms with van der Waals surface area (Å²) in [7, 11) is 1.56. The van der Waals surface area contributed by atoms with Gasteiger partial charge >= 0.3 is 0 Å². The molecule has 1 unspecified atom stereocenters. The Morgan fingerprint density at radius 1 is 1.43 bits per heavy atom. The van der Waals surface area contributed by atoms with Crippen LogP contribution in [0, 0.1) is 0 Å². The summed E-state index contributed by atoms with van der Waals surface area (Å²) in [5.41, 5.74) is 0.804. The number of aliphatic hydroxyl groups is 1. The lowest BCUT2D eigenvalue weighted by Crippen LogP contribution is -2.00. The van der Waals surface area contributed by atoms with Gasteiger partial charge in [-0.2, -0.15) is 0 Å². The molecule has 0 aliphatic carbocycles. The molecule has 0 aromatic heterocycles. The van der Waals surface area contributed by atoms with Crippen molar-refractivity contribution < 1.29 is 9.84 Å². The van der Waals surface area contributed by atoms with Crippen molar-refractivity contribution in [3.05, 3.63) is 27.7 Å². The maximum Gasteiger partial charge on any atom is 0.120 e. The zero-order valence-corrected chi connectivity index (χ0v) is 9.56. The molecule has 0 aliphatic heterocycles. The molecule has 2 nitrogen and oxygen atoms in total. The minimum absolute atomic E-state index is 0.0310. The van der Waals surface area contributed by atoms with Crippen LogP contribution in [0.15, 0.2) is 12.1 Å². The highest BCUT2D eigenvalue weighted by Gasteiger charge is 2.13. The predicted molar refractivity (Wildman–Crippen MR) is 58.5 cm³/mol. The standard InChI is InChI=1S/C10H12Cl2O2/c1-6(5-13)8-3-7(14-2)4-9(11)10(8)12/h3-4,6,13H,5H2,1-2H3. The summed E-state index contributed by atoms with van der Waals surface area (Å²) in [4.78, 5) is 0. The number of ether oxygens (including phenoxy) is 1. The molecule has 1 atom stereocenters. The van der Waals surface area contributed by atoms with E-state index in [1.165, 1.54) is 0 Å². The Hall–Kier alpha value is -0.440. The van der Waals surface area contributed by atoms with Gasteiger partial charge in [0, 0.05) is 18.6 Å². The van der Waals surface area contributed by atoms with E-state index in [1.54, 1.807) is 19.2 Å². The monoisotopic (exact) mass is 234 g/mol. The number of methoxy groups -OCH3 is 1. The van der Waals surface area contributed by atoms with Crippen molar-refractivity contribution in [2.75, 3.05) is 13.7 Å². The van der Waals surface area contributed by atoms with Gasteiger partial charge in [0.05, 0.1) is 17.2 Å². The lowest BCUT2D eigenvalue weighted by Gasteiger charge is -2.13. The maximum atomic E-state index is 9.02. The van der Waals surface area contributed by atoms with Gasteiger partial charge in [-0.25, -0.2) is 0 Å². The lowest BCUT2D eigenvalue weighted by atomic mass is 10.0. The molecule has 0 radical (unpaired) electrons. The fourth-order valence-corrected chi connectivity index (χ4v) is 1.67. The van der Waals surface area contributed by atoms with E-state index in [0.717, 1.165) is 5.56 Å². The minimum Gasteiger partial charge on any atom is -0.497 e. The number of rotatable bonds is 3. The van der Waals surface area contributed by atoms with Gasteiger partial charge in [0.1, 0.15) is 5.75 Å². The summed E-state index contributed by atoms with van der Waals surface area (Å²) >= 11 is 11.9. The van der Waals surface area contributed by atoms with Gasteiger partial charge in [-0.15, -0.1) is 0 Å². The fourth-order valence-electron chi connectivity index (χ4n) is 1.16. The molecule has 0 heterocycles. The van der Waals surface area contributed by atoms with Gasteiger partial charge in [-0.05, 0) is 11.6 Å². The average molecular weight is 235 g/mol. The quantitative estimate of drug-likeness (QED) is 0.872. The van der Waals surface area contributed by atoms with Crippen LogP contribution in [0.1, 0.15) is 18.4 Å². The van der Waals surface area contributed by atoms with Crippen LogP contribution in [0.25, 0.3) is 0 Å². The van der Waals surface area contributed by atoms with Crippen LogP contribution in [-0.4, -0.2) is 18.8 Å². The maximum absolute atomic E-state index is 9.02. The van der Waals surface area contributed by atoms with Crippen molar-refractivity contribution in [3.63, 3.8) is 0 Å². The van der Waals surface area contributed by atoms with Gasteiger partial charge in [0.2, 0.25) is 0 Å². The Bertz CT molecular complexity index is 326. The Kier molecular flexibility index (Phi) is 4.05. The Morgan fingerprint density at radius 3 is 2.57 bits per heavy atom. The summed E-state index contributed by atoms with van der Waals surface area (Å²) in [6.45, 7) is 1.90. The number of benzene rings is 1. The second-order valence-corrected chi connectivity index (χ2v) is 3.88. The van der Waals surface area contributed by atoms with Gasteiger partial charge in [-0.1, -0.05) is 30.1 Å². The van der Waals surface area contributed by atoms with Crippen molar-refractivity contribution in [1.82, 2.24) is 0 Å². The molecule has 1 rings (SSSR count). The predicted octanol–water partition coefficient (Wildman–Crippen LogP) is 3.10. The first-order valence-electron chi connectivity index (χ1n) is 4.24. The van der Waals surface area contributed by atoms with Crippen molar-refractivity contribution in [1.29, 1.82) is 0 Å². The molecule has 0 fully saturated rings. The second-order valence-electron chi connectivity index (χ2n) is 3.10. The molecule has 0 saturated heterocycles. The summed E-state index contributed by atoms with van der Waals surface area (Å²) in [6, 6.07) is 3.44. The van der Waals surface area contributed by atoms with Crippen LogP contribution in [0.2, 0.25) is 10.0 Å².